The van der Waals surface area contributed by atoms with Crippen LogP contribution in [0.3, 0.4) is 0 Å². The van der Waals surface area contributed by atoms with E-state index >= 15 is 0 Å². The Morgan fingerprint density at radius 3 is 2.00 bits per heavy atom. The number of fused-ring (bicyclic) bond motifs is 1. The summed E-state index contributed by atoms with van der Waals surface area (Å²) in [4.78, 5) is 12.6. The summed E-state index contributed by atoms with van der Waals surface area (Å²) in [6, 6.07) is 17.9. The fraction of sp³-hybridized carbons (Fsp3) is 0.174. The number of benzene rings is 3. The summed E-state index contributed by atoms with van der Waals surface area (Å²) < 4.78 is 0. The fourth-order valence-corrected chi connectivity index (χ4v) is 3.28. The van der Waals surface area contributed by atoms with Crippen molar-refractivity contribution in [1.29, 1.82) is 0 Å². The highest BCUT2D eigenvalue weighted by molar-refractivity contribution is 5.88. The van der Waals surface area contributed by atoms with Crippen LogP contribution in [0.1, 0.15) is 36.7 Å². The largest absolute Gasteiger partial charge is 0.505 e. The zero-order valence-corrected chi connectivity index (χ0v) is 16.4. The number of aromatic nitrogens is 3. The third kappa shape index (κ3) is 3.45. The zero-order chi connectivity index (χ0) is 20.8. The highest BCUT2D eigenvalue weighted by Crippen LogP contribution is 2.39. The van der Waals surface area contributed by atoms with Crippen LogP contribution < -0.4 is 0 Å². The molecule has 0 unspecified atom stereocenters. The summed E-state index contributed by atoms with van der Waals surface area (Å²) in [6.45, 7) is 6.07. The normalized spacial score (nSPS) is 11.7. The van der Waals surface area contributed by atoms with Gasteiger partial charge in [0.2, 0.25) is 0 Å². The van der Waals surface area contributed by atoms with Crippen molar-refractivity contribution < 1.29 is 15.0 Å². The Hall–Kier alpha value is -3.67. The minimum Gasteiger partial charge on any atom is -0.505 e. The number of carbonyl (C=O) groups is 1. The molecule has 0 radical (unpaired) electrons. The molecule has 0 atom stereocenters. The standard InChI is InChI=1S/C23H21N3O3/c1-23(2,3)17-12-16(14-8-10-15(11-9-14)22(28)29)13-20(21(17)27)26-24-18-6-4-5-7-19(18)25-26/h4-13,27H,1-3H3,(H,28,29). The minimum absolute atomic E-state index is 0.128. The van der Waals surface area contributed by atoms with Crippen LogP contribution in [0.2, 0.25) is 0 Å². The van der Waals surface area contributed by atoms with E-state index < -0.39 is 5.97 Å². The van der Waals surface area contributed by atoms with Crippen LogP contribution in [0.5, 0.6) is 5.75 Å². The van der Waals surface area contributed by atoms with Crippen LogP contribution in [0.15, 0.2) is 60.7 Å². The zero-order valence-electron chi connectivity index (χ0n) is 16.4. The summed E-state index contributed by atoms with van der Waals surface area (Å²) in [7, 11) is 0. The molecular formula is C23H21N3O3. The van der Waals surface area contributed by atoms with Crippen LogP contribution in [0.4, 0.5) is 0 Å². The molecule has 0 spiro atoms. The first-order valence-corrected chi connectivity index (χ1v) is 9.28. The van der Waals surface area contributed by atoms with Crippen molar-refractivity contribution in [2.45, 2.75) is 26.2 Å². The molecule has 0 saturated heterocycles. The molecular weight excluding hydrogens is 366 g/mol. The summed E-state index contributed by atoms with van der Waals surface area (Å²) in [5, 5.41) is 29.2. The molecule has 0 amide bonds. The van der Waals surface area contributed by atoms with E-state index in [-0.39, 0.29) is 16.7 Å². The summed E-state index contributed by atoms with van der Waals surface area (Å²) in [5.74, 6) is -0.838. The van der Waals surface area contributed by atoms with Gasteiger partial charge in [-0.1, -0.05) is 45.0 Å². The quantitative estimate of drug-likeness (QED) is 0.528. The van der Waals surface area contributed by atoms with Crippen LogP contribution in [0, 0.1) is 0 Å². The number of hydrogen-bond acceptors (Lipinski definition) is 4. The van der Waals surface area contributed by atoms with Gasteiger partial charge in [-0.2, -0.15) is 0 Å². The van der Waals surface area contributed by atoms with E-state index in [1.54, 1.807) is 24.3 Å². The Balaban J connectivity index is 1.93. The molecule has 0 saturated carbocycles. The van der Waals surface area contributed by atoms with E-state index in [9.17, 15) is 9.90 Å². The summed E-state index contributed by atoms with van der Waals surface area (Å²) in [6.07, 6.45) is 0. The van der Waals surface area contributed by atoms with Crippen LogP contribution in [0.25, 0.3) is 27.8 Å². The number of aromatic carboxylic acids is 1. The molecule has 4 aromatic rings. The Kier molecular flexibility index (Phi) is 4.34. The molecule has 1 aromatic heterocycles. The van der Waals surface area contributed by atoms with Crippen molar-refractivity contribution in [1.82, 2.24) is 15.0 Å². The number of carboxylic acid groups (broad SMARTS) is 1. The van der Waals surface area contributed by atoms with Gasteiger partial charge >= 0.3 is 5.97 Å². The molecule has 1 heterocycles. The van der Waals surface area contributed by atoms with Gasteiger partial charge in [-0.15, -0.1) is 15.0 Å². The van der Waals surface area contributed by atoms with Gasteiger partial charge in [0.25, 0.3) is 0 Å². The van der Waals surface area contributed by atoms with E-state index in [2.05, 4.69) is 10.2 Å². The maximum atomic E-state index is 11.2. The highest BCUT2D eigenvalue weighted by atomic mass is 16.4. The van der Waals surface area contributed by atoms with Gasteiger partial charge in [0.05, 0.1) is 5.56 Å². The molecule has 6 heteroatoms. The number of rotatable bonds is 3. The molecule has 3 aromatic carbocycles. The van der Waals surface area contributed by atoms with E-state index in [1.165, 1.54) is 4.80 Å². The maximum Gasteiger partial charge on any atom is 0.335 e. The van der Waals surface area contributed by atoms with Crippen molar-refractivity contribution in [2.24, 2.45) is 0 Å². The monoisotopic (exact) mass is 387 g/mol. The van der Waals surface area contributed by atoms with Crippen molar-refractivity contribution >= 4 is 17.0 Å². The Labute approximate surface area is 168 Å². The van der Waals surface area contributed by atoms with Crippen molar-refractivity contribution in [3.8, 4) is 22.6 Å². The lowest BCUT2D eigenvalue weighted by molar-refractivity contribution is 0.0697. The third-order valence-corrected chi connectivity index (χ3v) is 4.87. The SMILES string of the molecule is CC(C)(C)c1cc(-c2ccc(C(=O)O)cc2)cc(-n2nc3ccccc3n2)c1O. The molecule has 29 heavy (non-hydrogen) atoms. The van der Waals surface area contributed by atoms with E-state index in [0.29, 0.717) is 5.69 Å². The predicted octanol–water partition coefficient (Wildman–Crippen LogP) is 4.79. The van der Waals surface area contributed by atoms with Gasteiger partial charge in [-0.3, -0.25) is 0 Å². The predicted molar refractivity (Wildman–Crippen MR) is 112 cm³/mol. The molecule has 2 N–H and O–H groups in total. The first kappa shape index (κ1) is 18.7. The first-order chi connectivity index (χ1) is 13.7. The van der Waals surface area contributed by atoms with Gasteiger partial charge < -0.3 is 10.2 Å². The van der Waals surface area contributed by atoms with E-state index in [1.807, 2.05) is 57.2 Å². The van der Waals surface area contributed by atoms with Gasteiger partial charge in [0.1, 0.15) is 22.5 Å². The molecule has 0 aliphatic rings. The van der Waals surface area contributed by atoms with Crippen LogP contribution in [-0.4, -0.2) is 31.2 Å². The smallest absolute Gasteiger partial charge is 0.335 e. The number of carboxylic acids is 1. The number of hydrogen-bond donors (Lipinski definition) is 2. The molecule has 4 rings (SSSR count). The van der Waals surface area contributed by atoms with Gasteiger partial charge in [0.15, 0.2) is 0 Å². The summed E-state index contributed by atoms with van der Waals surface area (Å²) >= 11 is 0. The second-order valence-electron chi connectivity index (χ2n) is 8.00. The number of aromatic hydroxyl groups is 1. The molecule has 0 aliphatic carbocycles. The van der Waals surface area contributed by atoms with Crippen molar-refractivity contribution in [3.05, 3.63) is 71.8 Å². The molecule has 0 aliphatic heterocycles. The van der Waals surface area contributed by atoms with E-state index in [4.69, 9.17) is 5.11 Å². The second-order valence-corrected chi connectivity index (χ2v) is 8.00. The lowest BCUT2D eigenvalue weighted by atomic mass is 9.84. The lowest BCUT2D eigenvalue weighted by Crippen LogP contribution is -2.13. The van der Waals surface area contributed by atoms with Crippen molar-refractivity contribution in [3.63, 3.8) is 0 Å². The van der Waals surface area contributed by atoms with Gasteiger partial charge in [0, 0.05) is 5.56 Å². The molecule has 0 fully saturated rings. The Morgan fingerprint density at radius 1 is 0.897 bits per heavy atom. The number of nitrogens with zero attached hydrogens (tertiary/aromatic N) is 3. The Bertz CT molecular complexity index is 1190. The molecule has 146 valence electrons. The Morgan fingerprint density at radius 2 is 1.48 bits per heavy atom. The molecule has 0 bridgehead atoms. The maximum absolute atomic E-state index is 11.2. The lowest BCUT2D eigenvalue weighted by Gasteiger charge is -2.23. The topological polar surface area (TPSA) is 88.2 Å². The molecule has 6 nitrogen and oxygen atoms in total. The van der Waals surface area contributed by atoms with Crippen LogP contribution in [-0.2, 0) is 5.41 Å². The average Bonchev–Trinajstić information content (AvgIpc) is 3.11. The minimum atomic E-state index is -0.967. The third-order valence-electron chi connectivity index (χ3n) is 4.87. The van der Waals surface area contributed by atoms with Gasteiger partial charge in [-0.25, -0.2) is 4.79 Å². The first-order valence-electron chi connectivity index (χ1n) is 9.28. The van der Waals surface area contributed by atoms with E-state index in [0.717, 1.165) is 27.7 Å². The number of phenolic OH excluding ortho intramolecular Hbond substituents is 1. The van der Waals surface area contributed by atoms with Gasteiger partial charge in [-0.05, 0) is 52.9 Å². The van der Waals surface area contributed by atoms with Crippen molar-refractivity contribution in [2.75, 3.05) is 0 Å². The van der Waals surface area contributed by atoms with Crippen LogP contribution >= 0.6 is 0 Å². The second kappa shape index (κ2) is 6.74. The highest BCUT2D eigenvalue weighted by Gasteiger charge is 2.23. The fourth-order valence-electron chi connectivity index (χ4n) is 3.28. The number of phenols is 1. The summed E-state index contributed by atoms with van der Waals surface area (Å²) in [5.41, 5.74) is 4.31. The average molecular weight is 387 g/mol.